The molecule has 1 spiro atoms. The van der Waals surface area contributed by atoms with E-state index in [1.807, 2.05) is 30.3 Å². The first-order valence-electron chi connectivity index (χ1n) is 35.7. The van der Waals surface area contributed by atoms with Gasteiger partial charge in [-0.3, -0.25) is 14.4 Å². The molecule has 6 saturated heterocycles. The molecular weight excluding hydrogens is 1290 g/mol. The van der Waals surface area contributed by atoms with Gasteiger partial charge in [-0.15, -0.1) is 0 Å². The molecule has 14 rings (SSSR count). The molecule has 10 aliphatic rings. The molecule has 26 atom stereocenters. The van der Waals surface area contributed by atoms with Crippen molar-refractivity contribution in [2.45, 2.75) is 223 Å². The van der Waals surface area contributed by atoms with Crippen molar-refractivity contribution in [2.24, 2.45) is 46.3 Å². The Labute approximate surface area is 582 Å². The Balaban J connectivity index is 0.832. The fourth-order valence-electron chi connectivity index (χ4n) is 18.6. The second kappa shape index (κ2) is 29.1. The summed E-state index contributed by atoms with van der Waals surface area (Å²) >= 11 is 0. The van der Waals surface area contributed by atoms with Gasteiger partial charge in [-0.2, -0.15) is 0 Å². The molecule has 100 heavy (non-hydrogen) atoms. The molecule has 4 aliphatic carbocycles. The van der Waals surface area contributed by atoms with Gasteiger partial charge in [0.1, 0.15) is 24.4 Å². The van der Waals surface area contributed by atoms with Crippen LogP contribution in [0, 0.1) is 46.3 Å². The van der Waals surface area contributed by atoms with Gasteiger partial charge in [-0.1, -0.05) is 124 Å². The van der Waals surface area contributed by atoms with Crippen LogP contribution in [0.4, 0.5) is 0 Å². The van der Waals surface area contributed by atoms with Crippen molar-refractivity contribution in [1.29, 1.82) is 0 Å². The Bertz CT molecular complexity index is 3600. The van der Waals surface area contributed by atoms with Crippen molar-refractivity contribution >= 4 is 35.8 Å². The normalized spacial score (nSPS) is 40.3. The highest BCUT2D eigenvalue weighted by Crippen LogP contribution is 2.71. The third-order valence-electron chi connectivity index (χ3n) is 23.4. The lowest BCUT2D eigenvalue weighted by molar-refractivity contribution is -0.414. The van der Waals surface area contributed by atoms with E-state index in [-0.39, 0.29) is 40.2 Å². The number of rotatable bonds is 16. The van der Waals surface area contributed by atoms with Crippen LogP contribution in [0.2, 0.25) is 0 Å². The van der Waals surface area contributed by atoms with Crippen LogP contribution in [-0.2, 0) is 90.2 Å². The zero-order valence-electron chi connectivity index (χ0n) is 57.9. The quantitative estimate of drug-likeness (QED) is 0.0574. The molecule has 6 aliphatic heterocycles. The fourth-order valence-corrected chi connectivity index (χ4v) is 18.6. The summed E-state index contributed by atoms with van der Waals surface area (Å²) in [7, 11) is 0. The molecule has 0 bridgehead atoms. The van der Waals surface area contributed by atoms with E-state index < -0.39 is 147 Å². The van der Waals surface area contributed by atoms with Gasteiger partial charge >= 0.3 is 35.8 Å². The number of esters is 6. The van der Waals surface area contributed by atoms with E-state index >= 15 is 0 Å². The molecule has 0 amide bonds. The van der Waals surface area contributed by atoms with Crippen LogP contribution in [0.25, 0.3) is 0 Å². The molecule has 4 aromatic rings. The maximum absolute atomic E-state index is 14.7. The van der Waals surface area contributed by atoms with Crippen molar-refractivity contribution < 1.29 is 105 Å². The summed E-state index contributed by atoms with van der Waals surface area (Å²) in [4.78, 5) is 82.8. The monoisotopic (exact) mass is 1380 g/mol. The zero-order chi connectivity index (χ0) is 69.8. The highest BCUT2D eigenvalue weighted by Gasteiger charge is 2.69. The molecule has 1 unspecified atom stereocenters. The van der Waals surface area contributed by atoms with E-state index in [9.17, 15) is 28.8 Å². The number of ether oxygens (including phenoxy) is 16. The minimum atomic E-state index is -1.74. The van der Waals surface area contributed by atoms with Crippen LogP contribution < -0.4 is 0 Å². The molecule has 0 aromatic heterocycles. The van der Waals surface area contributed by atoms with Gasteiger partial charge in [0.05, 0.1) is 54.8 Å². The molecule has 0 N–H and O–H groups in total. The predicted octanol–water partition coefficient (Wildman–Crippen LogP) is 10.9. The maximum Gasteiger partial charge on any atom is 0.338 e. The molecule has 4 aromatic carbocycles. The van der Waals surface area contributed by atoms with E-state index in [0.717, 1.165) is 58.5 Å². The number of hydrogen-bond acceptors (Lipinski definition) is 22. The van der Waals surface area contributed by atoms with Crippen molar-refractivity contribution in [2.75, 3.05) is 19.8 Å². The van der Waals surface area contributed by atoms with E-state index in [1.54, 1.807) is 97.9 Å². The van der Waals surface area contributed by atoms with Crippen LogP contribution in [-0.4, -0.2) is 160 Å². The zero-order valence-corrected chi connectivity index (χ0v) is 57.9. The summed E-state index contributed by atoms with van der Waals surface area (Å²) in [5, 5.41) is 0. The van der Waals surface area contributed by atoms with Crippen LogP contribution >= 0.6 is 0 Å². The van der Waals surface area contributed by atoms with E-state index in [1.165, 1.54) is 19.4 Å². The van der Waals surface area contributed by atoms with E-state index in [0.29, 0.717) is 53.9 Å². The summed E-state index contributed by atoms with van der Waals surface area (Å²) in [5.41, 5.74) is 2.36. The topological polar surface area (TPSA) is 250 Å². The van der Waals surface area contributed by atoms with Crippen LogP contribution in [0.5, 0.6) is 0 Å². The largest absolute Gasteiger partial charge is 0.456 e. The number of fused-ring (bicyclic) bond motifs is 8. The van der Waals surface area contributed by atoms with E-state index in [2.05, 4.69) is 33.8 Å². The van der Waals surface area contributed by atoms with Crippen molar-refractivity contribution in [3.05, 3.63) is 155 Å². The SMILES string of the molecule is CC(=O)O[C@@H]1[C@@H](OC(C)=O)[C@H](C)O[C@@H](O[C@H]2[C@H](O[C@H]3CC[C@@]4(C)C(=CC[C@H]5[C@@H]6C[C@@H]7O[C@]8(CC[C@@H](C)CO8)[C@@H](C)[C@@H]7[C@@]6(C)CC[C@@H]54)C3)O[C@@H]3COC(c4ccccc4)O[C@@H]3[C@@H]2O[C@H]2OC[C@@H](OC(=O)c3ccccc3)[C@H](OC(=O)c3ccccc3)[C@@H]2OC(=O)c2ccccc2)[C@@H]1OC(C)=O. The number of carbonyl (C=O) groups excluding carboxylic acids is 6. The Kier molecular flexibility index (Phi) is 20.4. The molecule has 9 fully saturated rings. The summed E-state index contributed by atoms with van der Waals surface area (Å²) in [6, 6.07) is 33.7. The lowest BCUT2D eigenvalue weighted by atomic mass is 9.47. The van der Waals surface area contributed by atoms with Crippen LogP contribution in [0.15, 0.2) is 133 Å². The number of benzene rings is 4. The Morgan fingerprint density at radius 2 is 1.08 bits per heavy atom. The molecule has 6 heterocycles. The second-order valence-corrected chi connectivity index (χ2v) is 29.6. The van der Waals surface area contributed by atoms with Crippen LogP contribution in [0.3, 0.4) is 0 Å². The lowest BCUT2D eigenvalue weighted by Gasteiger charge is -2.59. The highest BCUT2D eigenvalue weighted by molar-refractivity contribution is 5.91. The van der Waals surface area contributed by atoms with Gasteiger partial charge in [0.2, 0.25) is 0 Å². The summed E-state index contributed by atoms with van der Waals surface area (Å²) in [6.07, 6.45) is -11.0. The van der Waals surface area contributed by atoms with Gasteiger partial charge < -0.3 is 75.8 Å². The highest BCUT2D eigenvalue weighted by atomic mass is 16.8. The lowest BCUT2D eigenvalue weighted by Crippen LogP contribution is -2.69. The Morgan fingerprint density at radius 3 is 1.71 bits per heavy atom. The molecular formula is C78H92O22. The minimum Gasteiger partial charge on any atom is -0.456 e. The first-order chi connectivity index (χ1) is 48.2. The second-order valence-electron chi connectivity index (χ2n) is 29.6. The first kappa shape index (κ1) is 70.1. The van der Waals surface area contributed by atoms with Crippen molar-refractivity contribution in [3.63, 3.8) is 0 Å². The van der Waals surface area contributed by atoms with Gasteiger partial charge in [0, 0.05) is 38.7 Å². The summed E-state index contributed by atoms with van der Waals surface area (Å²) in [5.74, 6) is -2.71. The predicted molar refractivity (Wildman–Crippen MR) is 353 cm³/mol. The first-order valence-corrected chi connectivity index (χ1v) is 35.7. The third-order valence-corrected chi connectivity index (χ3v) is 23.4. The minimum absolute atomic E-state index is 0.0785. The summed E-state index contributed by atoms with van der Waals surface area (Å²) in [6.45, 7) is 14.9. The smallest absolute Gasteiger partial charge is 0.338 e. The van der Waals surface area contributed by atoms with Crippen LogP contribution in [0.1, 0.15) is 156 Å². The van der Waals surface area contributed by atoms with Gasteiger partial charge in [0.15, 0.2) is 67.6 Å². The van der Waals surface area contributed by atoms with Gasteiger partial charge in [-0.25, -0.2) is 14.4 Å². The standard InChI is InChI=1S/C78H92O22/c1-42-31-36-78(87-39-42)43(2)60-57(100-78)38-56-54-30-29-52-37-53(32-34-76(52,7)55(54)33-35-77(56,60)8)92-75-68(99-74-67(91-47(6)81)64(90-46(5)80)61(44(3)88-74)89-45(4)79)65(62-59(94-75)41-85-72(97-62)51-27-19-12-20-28-51)98-73-66(96-71(84)50-25-17-11-18-26-50)63(95-70(83)49-23-15-10-16-24-49)58(40-86-73)93-69(82)48-21-13-9-14-22-48/h9-29,42-44,53-68,72-75H,30-41H2,1-8H3/t42-,43+,44+,53+,54-,55+,56+,57+,58-,59-,60+,61+,62+,63+,64-,65+,66+,67-,68-,72?,73-,74+,75-,76+,77+,78-/m1/s1. The Morgan fingerprint density at radius 1 is 0.500 bits per heavy atom. The van der Waals surface area contributed by atoms with Gasteiger partial charge in [-0.05, 0) is 135 Å². The molecule has 0 radical (unpaired) electrons. The average molecular weight is 1380 g/mol. The number of hydrogen-bond donors (Lipinski definition) is 0. The molecule has 3 saturated carbocycles. The molecule has 22 heteroatoms. The van der Waals surface area contributed by atoms with E-state index in [4.69, 9.17) is 75.8 Å². The fraction of sp³-hybridized carbons (Fsp3) is 0.590. The Hall–Kier alpha value is -6.96. The van der Waals surface area contributed by atoms with Crippen molar-refractivity contribution in [3.8, 4) is 0 Å². The van der Waals surface area contributed by atoms with Gasteiger partial charge in [0.25, 0.3) is 0 Å². The number of carbonyl (C=O) groups is 6. The maximum atomic E-state index is 14.7. The molecule has 536 valence electrons. The third kappa shape index (κ3) is 13.8. The molecule has 22 nitrogen and oxygen atoms in total. The van der Waals surface area contributed by atoms with Crippen molar-refractivity contribution in [1.82, 2.24) is 0 Å². The number of allylic oxidation sites excluding steroid dienone is 1. The summed E-state index contributed by atoms with van der Waals surface area (Å²) < 4.78 is 107. The average Bonchev–Trinajstić information content (AvgIpc) is 1.50.